The molecule has 0 saturated carbocycles. The number of hydrogen-bond donors (Lipinski definition) is 1. The summed E-state index contributed by atoms with van der Waals surface area (Å²) in [5, 5.41) is 12.3. The maximum Gasteiger partial charge on any atom is 0.265 e. The molecule has 1 fully saturated rings. The highest BCUT2D eigenvalue weighted by Crippen LogP contribution is 2.12. The average molecular weight is 313 g/mol. The molecule has 1 aromatic carbocycles. The second-order valence-electron chi connectivity index (χ2n) is 5.57. The van der Waals surface area contributed by atoms with Crippen molar-refractivity contribution >= 4 is 5.91 Å². The van der Waals surface area contributed by atoms with Gasteiger partial charge < -0.3 is 15.0 Å². The van der Waals surface area contributed by atoms with Gasteiger partial charge in [0.2, 0.25) is 0 Å². The van der Waals surface area contributed by atoms with E-state index < -0.39 is 0 Å². The lowest BCUT2D eigenvalue weighted by molar-refractivity contribution is -0.127. The Morgan fingerprint density at radius 2 is 2.00 bits per heavy atom. The van der Waals surface area contributed by atoms with Crippen LogP contribution in [0.3, 0.4) is 0 Å². The van der Waals surface area contributed by atoms with Gasteiger partial charge in [-0.25, -0.2) is 0 Å². The molecule has 122 valence electrons. The van der Waals surface area contributed by atoms with E-state index in [9.17, 15) is 10.1 Å². The van der Waals surface area contributed by atoms with E-state index in [1.165, 1.54) is 5.56 Å². The summed E-state index contributed by atoms with van der Waals surface area (Å²) < 4.78 is 5.12. The summed E-state index contributed by atoms with van der Waals surface area (Å²) in [4.78, 5) is 14.0. The number of methoxy groups -OCH3 is 1. The predicted octanol–water partition coefficient (Wildman–Crippen LogP) is 2.25. The van der Waals surface area contributed by atoms with E-state index in [-0.39, 0.29) is 11.5 Å². The average Bonchev–Trinajstić information content (AvgIpc) is 2.62. The molecule has 0 aromatic heterocycles. The van der Waals surface area contributed by atoms with Gasteiger partial charge in [-0.3, -0.25) is 4.79 Å². The number of carbonyl (C=O) groups excluding carboxylic acids is 1. The first-order chi connectivity index (χ1) is 11.2. The van der Waals surface area contributed by atoms with Crippen LogP contribution < -0.4 is 10.1 Å². The number of nitriles is 1. The van der Waals surface area contributed by atoms with Crippen molar-refractivity contribution in [2.24, 2.45) is 0 Å². The number of hydrogen-bond acceptors (Lipinski definition) is 4. The largest absolute Gasteiger partial charge is 0.497 e. The predicted molar refractivity (Wildman–Crippen MR) is 88.8 cm³/mol. The van der Waals surface area contributed by atoms with Crippen molar-refractivity contribution in [3.63, 3.8) is 0 Å². The van der Waals surface area contributed by atoms with Crippen LogP contribution in [0.15, 0.2) is 36.0 Å². The highest BCUT2D eigenvalue weighted by Gasteiger charge is 2.19. The number of nitrogens with one attached hydrogen (secondary N) is 1. The van der Waals surface area contributed by atoms with Crippen molar-refractivity contribution < 1.29 is 9.53 Å². The summed E-state index contributed by atoms with van der Waals surface area (Å²) in [7, 11) is 1.64. The summed E-state index contributed by atoms with van der Waals surface area (Å²) in [6.07, 6.45) is 5.57. The number of nitrogens with zero attached hydrogens (tertiary/aromatic N) is 2. The Hall–Kier alpha value is -2.48. The molecule has 1 aromatic rings. The molecule has 5 nitrogen and oxygen atoms in total. The Kier molecular flexibility index (Phi) is 6.49. The minimum absolute atomic E-state index is 0.163. The molecule has 1 amide bonds. The smallest absolute Gasteiger partial charge is 0.265 e. The first-order valence-corrected chi connectivity index (χ1v) is 8.00. The number of piperidine rings is 1. The first kappa shape index (κ1) is 16.9. The lowest BCUT2D eigenvalue weighted by Gasteiger charge is -2.26. The van der Waals surface area contributed by atoms with E-state index in [0.717, 1.165) is 44.5 Å². The topological polar surface area (TPSA) is 65.4 Å². The maximum atomic E-state index is 12.2. The fourth-order valence-electron chi connectivity index (χ4n) is 2.59. The van der Waals surface area contributed by atoms with Gasteiger partial charge in [0.05, 0.1) is 7.11 Å². The second-order valence-corrected chi connectivity index (χ2v) is 5.57. The van der Waals surface area contributed by atoms with E-state index in [1.807, 2.05) is 30.3 Å². The molecule has 23 heavy (non-hydrogen) atoms. The number of benzene rings is 1. The fraction of sp³-hybridized carbons (Fsp3) is 0.444. The zero-order chi connectivity index (χ0) is 16.5. The van der Waals surface area contributed by atoms with Crippen LogP contribution in [-0.2, 0) is 11.2 Å². The highest BCUT2D eigenvalue weighted by molar-refractivity contribution is 5.97. The maximum absolute atomic E-state index is 12.2. The Morgan fingerprint density at radius 1 is 1.30 bits per heavy atom. The van der Waals surface area contributed by atoms with E-state index in [2.05, 4.69) is 5.32 Å². The number of amides is 1. The molecule has 0 atom stereocenters. The van der Waals surface area contributed by atoms with Gasteiger partial charge in [-0.15, -0.1) is 0 Å². The summed E-state index contributed by atoms with van der Waals surface area (Å²) in [6.45, 7) is 2.18. The molecule has 0 radical (unpaired) electrons. The van der Waals surface area contributed by atoms with E-state index in [0.29, 0.717) is 6.54 Å². The lowest BCUT2D eigenvalue weighted by atomic mass is 10.1. The van der Waals surface area contributed by atoms with Crippen molar-refractivity contribution in [3.05, 3.63) is 41.6 Å². The van der Waals surface area contributed by atoms with Crippen molar-refractivity contribution in [2.75, 3.05) is 26.7 Å². The van der Waals surface area contributed by atoms with Crippen molar-refractivity contribution in [2.45, 2.75) is 25.7 Å². The van der Waals surface area contributed by atoms with Gasteiger partial charge in [-0.1, -0.05) is 12.1 Å². The van der Waals surface area contributed by atoms with Gasteiger partial charge in [-0.05, 0) is 43.4 Å². The Morgan fingerprint density at radius 3 is 2.61 bits per heavy atom. The molecule has 0 aliphatic carbocycles. The van der Waals surface area contributed by atoms with Crippen LogP contribution >= 0.6 is 0 Å². The summed E-state index contributed by atoms with van der Waals surface area (Å²) >= 11 is 0. The summed E-state index contributed by atoms with van der Waals surface area (Å²) in [5.41, 5.74) is 1.36. The third-order valence-corrected chi connectivity index (χ3v) is 3.96. The van der Waals surface area contributed by atoms with Gasteiger partial charge in [-0.2, -0.15) is 5.26 Å². The fourth-order valence-corrected chi connectivity index (χ4v) is 2.59. The Bertz CT molecular complexity index is 581. The van der Waals surface area contributed by atoms with Crippen LogP contribution in [0.4, 0.5) is 0 Å². The second kappa shape index (κ2) is 8.84. The molecular weight excluding hydrogens is 290 g/mol. The molecule has 1 N–H and O–H groups in total. The normalized spacial score (nSPS) is 15.0. The molecule has 1 heterocycles. The van der Waals surface area contributed by atoms with Crippen LogP contribution in [-0.4, -0.2) is 37.6 Å². The standard InChI is InChI=1S/C18H23N3O2/c1-23-17-7-5-15(6-8-17)9-10-20-14-16(13-19)18(22)21-11-3-2-4-12-21/h5-8,14,20H,2-4,9-12H2,1H3/b16-14-. The van der Waals surface area contributed by atoms with Gasteiger partial charge in [0.25, 0.3) is 5.91 Å². The van der Waals surface area contributed by atoms with Crippen molar-refractivity contribution in [1.29, 1.82) is 5.26 Å². The monoisotopic (exact) mass is 313 g/mol. The van der Waals surface area contributed by atoms with Gasteiger partial charge in [0, 0.05) is 25.8 Å². The van der Waals surface area contributed by atoms with Gasteiger partial charge in [0.15, 0.2) is 0 Å². The zero-order valence-corrected chi connectivity index (χ0v) is 13.5. The van der Waals surface area contributed by atoms with Crippen LogP contribution in [0, 0.1) is 11.3 Å². The van der Waals surface area contributed by atoms with Crippen molar-refractivity contribution in [1.82, 2.24) is 10.2 Å². The van der Waals surface area contributed by atoms with Crippen LogP contribution in [0.1, 0.15) is 24.8 Å². The highest BCUT2D eigenvalue weighted by atomic mass is 16.5. The SMILES string of the molecule is COc1ccc(CCN/C=C(/C#N)C(=O)N2CCCCC2)cc1. The summed E-state index contributed by atoms with van der Waals surface area (Å²) in [6, 6.07) is 9.87. The number of carbonyl (C=O) groups is 1. The first-order valence-electron chi connectivity index (χ1n) is 8.00. The van der Waals surface area contributed by atoms with Crippen LogP contribution in [0.5, 0.6) is 5.75 Å². The zero-order valence-electron chi connectivity index (χ0n) is 13.5. The number of likely N-dealkylation sites (tertiary alicyclic amines) is 1. The van der Waals surface area contributed by atoms with E-state index in [1.54, 1.807) is 18.2 Å². The van der Waals surface area contributed by atoms with Gasteiger partial charge in [0.1, 0.15) is 17.4 Å². The molecular formula is C18H23N3O2. The number of ether oxygens (including phenoxy) is 1. The van der Waals surface area contributed by atoms with E-state index in [4.69, 9.17) is 4.74 Å². The molecule has 0 bridgehead atoms. The molecule has 2 rings (SSSR count). The minimum Gasteiger partial charge on any atom is -0.497 e. The Balaban J connectivity index is 1.82. The molecule has 1 saturated heterocycles. The van der Waals surface area contributed by atoms with Crippen LogP contribution in [0.2, 0.25) is 0 Å². The minimum atomic E-state index is -0.163. The molecule has 1 aliphatic rings. The third kappa shape index (κ3) is 5.03. The van der Waals surface area contributed by atoms with Crippen molar-refractivity contribution in [3.8, 4) is 11.8 Å². The number of rotatable bonds is 6. The molecule has 5 heteroatoms. The quantitative estimate of drug-likeness (QED) is 0.497. The van der Waals surface area contributed by atoms with E-state index >= 15 is 0 Å². The lowest BCUT2D eigenvalue weighted by Crippen LogP contribution is -2.36. The van der Waals surface area contributed by atoms with Gasteiger partial charge >= 0.3 is 0 Å². The van der Waals surface area contributed by atoms with Crippen LogP contribution in [0.25, 0.3) is 0 Å². The Labute approximate surface area is 137 Å². The molecule has 0 spiro atoms. The molecule has 0 unspecified atom stereocenters. The summed E-state index contributed by atoms with van der Waals surface area (Å²) in [5.74, 6) is 0.671. The molecule has 1 aliphatic heterocycles. The third-order valence-electron chi connectivity index (χ3n) is 3.96.